The van der Waals surface area contributed by atoms with E-state index in [1.165, 1.54) is 13.3 Å². The van der Waals surface area contributed by atoms with Gasteiger partial charge in [-0.05, 0) is 48.4 Å². The molecule has 7 heteroatoms. The van der Waals surface area contributed by atoms with Crippen LogP contribution in [0.1, 0.15) is 11.1 Å². The number of methoxy groups -OCH3 is 1. The third-order valence-electron chi connectivity index (χ3n) is 3.24. The molecule has 0 radical (unpaired) electrons. The van der Waals surface area contributed by atoms with E-state index in [2.05, 4.69) is 10.5 Å². The predicted molar refractivity (Wildman–Crippen MR) is 96.5 cm³/mol. The van der Waals surface area contributed by atoms with Gasteiger partial charge in [0.2, 0.25) is 0 Å². The normalized spacial score (nSPS) is 10.2. The number of carbonyl (C=O) groups is 1. The number of aryl methyl sites for hydroxylation is 1. The smallest absolute Gasteiger partial charge is 0.277 e. The third kappa shape index (κ3) is 5.83. The molecule has 134 valence electrons. The highest BCUT2D eigenvalue weighted by molar-refractivity contribution is 5.83. The van der Waals surface area contributed by atoms with Gasteiger partial charge >= 0.3 is 0 Å². The van der Waals surface area contributed by atoms with Crippen LogP contribution in [0.15, 0.2) is 47.6 Å². The third-order valence-corrected chi connectivity index (χ3v) is 3.24. The van der Waals surface area contributed by atoms with Crippen molar-refractivity contribution in [3.63, 3.8) is 0 Å². The van der Waals surface area contributed by atoms with Crippen LogP contribution in [-0.4, -0.2) is 32.4 Å². The summed E-state index contributed by atoms with van der Waals surface area (Å²) in [5.41, 5.74) is 4.15. The summed E-state index contributed by atoms with van der Waals surface area (Å²) in [6, 6.07) is 14.4. The highest BCUT2D eigenvalue weighted by Crippen LogP contribution is 2.27. The van der Waals surface area contributed by atoms with Crippen molar-refractivity contribution in [3.05, 3.63) is 53.6 Å². The minimum Gasteiger partial charge on any atom is -0.493 e. The van der Waals surface area contributed by atoms with Gasteiger partial charge in [0.25, 0.3) is 5.91 Å². The minimum atomic E-state index is -0.372. The van der Waals surface area contributed by atoms with Gasteiger partial charge in [-0.3, -0.25) is 4.79 Å². The molecule has 2 aromatic carbocycles. The molecule has 0 saturated heterocycles. The van der Waals surface area contributed by atoms with Gasteiger partial charge in [-0.15, -0.1) is 0 Å². The second-order valence-electron chi connectivity index (χ2n) is 5.26. The summed E-state index contributed by atoms with van der Waals surface area (Å²) in [6.07, 6.45) is 1.47. The van der Waals surface area contributed by atoms with Crippen molar-refractivity contribution < 1.29 is 19.0 Å². The van der Waals surface area contributed by atoms with Gasteiger partial charge in [0, 0.05) is 0 Å². The summed E-state index contributed by atoms with van der Waals surface area (Å²) >= 11 is 0. The number of nitrogens with zero attached hydrogens (tertiary/aromatic N) is 2. The molecule has 0 aliphatic heterocycles. The number of nitriles is 1. The Morgan fingerprint density at radius 1 is 1.23 bits per heavy atom. The molecule has 0 aliphatic carbocycles. The first-order valence-electron chi connectivity index (χ1n) is 7.81. The van der Waals surface area contributed by atoms with Gasteiger partial charge in [-0.1, -0.05) is 12.1 Å². The quantitative estimate of drug-likeness (QED) is 0.581. The monoisotopic (exact) mass is 353 g/mol. The lowest BCUT2D eigenvalue weighted by atomic mass is 10.2. The van der Waals surface area contributed by atoms with E-state index in [1.807, 2.05) is 31.2 Å². The maximum atomic E-state index is 11.8. The highest BCUT2D eigenvalue weighted by atomic mass is 16.5. The zero-order valence-electron chi connectivity index (χ0n) is 14.6. The second-order valence-corrected chi connectivity index (χ2v) is 5.26. The van der Waals surface area contributed by atoms with Crippen LogP contribution in [0.2, 0.25) is 0 Å². The fraction of sp³-hybridized carbons (Fsp3) is 0.211. The lowest BCUT2D eigenvalue weighted by Crippen LogP contribution is -2.24. The average Bonchev–Trinajstić information content (AvgIpc) is 2.65. The number of hydrogen-bond donors (Lipinski definition) is 1. The molecule has 0 aromatic heterocycles. The first-order chi connectivity index (χ1) is 12.6. The average molecular weight is 353 g/mol. The Morgan fingerprint density at radius 2 is 2.08 bits per heavy atom. The van der Waals surface area contributed by atoms with E-state index in [1.54, 1.807) is 24.3 Å². The van der Waals surface area contributed by atoms with Gasteiger partial charge in [-0.25, -0.2) is 5.43 Å². The van der Waals surface area contributed by atoms with Crippen LogP contribution < -0.4 is 19.6 Å². The zero-order valence-corrected chi connectivity index (χ0v) is 14.6. The van der Waals surface area contributed by atoms with Crippen molar-refractivity contribution in [2.24, 2.45) is 5.10 Å². The standard InChI is InChI=1S/C19H19N3O4/c1-14-4-3-5-16(10-14)26-13-19(23)22-21-12-15-6-7-17(25-9-8-20)18(11-15)24-2/h3-7,10-12H,9,13H2,1-2H3,(H,22,23)/b21-12-. The van der Waals surface area contributed by atoms with Crippen molar-refractivity contribution in [3.8, 4) is 23.3 Å². The predicted octanol–water partition coefficient (Wildman–Crippen LogP) is 2.44. The number of rotatable bonds is 8. The van der Waals surface area contributed by atoms with Gasteiger partial charge in [0.15, 0.2) is 24.7 Å². The maximum absolute atomic E-state index is 11.8. The Kier molecular flexibility index (Phi) is 7.01. The summed E-state index contributed by atoms with van der Waals surface area (Å²) in [4.78, 5) is 11.8. The van der Waals surface area contributed by atoms with Crippen molar-refractivity contribution in [1.82, 2.24) is 5.43 Å². The fourth-order valence-corrected chi connectivity index (χ4v) is 2.06. The zero-order chi connectivity index (χ0) is 18.8. The molecule has 0 atom stereocenters. The molecule has 26 heavy (non-hydrogen) atoms. The molecular formula is C19H19N3O4. The molecule has 0 aliphatic rings. The number of carbonyl (C=O) groups excluding carboxylic acids is 1. The number of amides is 1. The molecule has 0 saturated carbocycles. The summed E-state index contributed by atoms with van der Waals surface area (Å²) in [5, 5.41) is 12.4. The van der Waals surface area contributed by atoms with Crippen molar-refractivity contribution >= 4 is 12.1 Å². The second kappa shape index (κ2) is 9.69. The van der Waals surface area contributed by atoms with E-state index in [0.29, 0.717) is 22.8 Å². The summed E-state index contributed by atoms with van der Waals surface area (Å²) in [5.74, 6) is 1.19. The molecule has 0 heterocycles. The summed E-state index contributed by atoms with van der Waals surface area (Å²) < 4.78 is 15.8. The van der Waals surface area contributed by atoms with Crippen molar-refractivity contribution in [2.75, 3.05) is 20.3 Å². The lowest BCUT2D eigenvalue weighted by Gasteiger charge is -2.08. The molecule has 0 bridgehead atoms. The van der Waals surface area contributed by atoms with Gasteiger partial charge in [0.05, 0.1) is 13.3 Å². The minimum absolute atomic E-state index is 0.0687. The van der Waals surface area contributed by atoms with E-state index in [4.69, 9.17) is 19.5 Å². The fourth-order valence-electron chi connectivity index (χ4n) is 2.06. The van der Waals surface area contributed by atoms with Crippen LogP contribution in [0.25, 0.3) is 0 Å². The largest absolute Gasteiger partial charge is 0.493 e. The summed E-state index contributed by atoms with van der Waals surface area (Å²) in [7, 11) is 1.50. The van der Waals surface area contributed by atoms with Crippen LogP contribution in [0.5, 0.6) is 17.2 Å². The van der Waals surface area contributed by atoms with Crippen molar-refractivity contribution in [2.45, 2.75) is 6.92 Å². The Bertz CT molecular complexity index is 828. The Labute approximate surface area is 151 Å². The SMILES string of the molecule is COc1cc(/C=N\NC(=O)COc2cccc(C)c2)ccc1OCC#N. The Hall–Kier alpha value is -3.53. The topological polar surface area (TPSA) is 92.9 Å². The number of hydrogen-bond acceptors (Lipinski definition) is 6. The number of nitrogens with one attached hydrogen (secondary N) is 1. The lowest BCUT2D eigenvalue weighted by molar-refractivity contribution is -0.123. The van der Waals surface area contributed by atoms with Gasteiger partial charge < -0.3 is 14.2 Å². The van der Waals surface area contributed by atoms with Crippen LogP contribution in [0.3, 0.4) is 0 Å². The molecule has 1 N–H and O–H groups in total. The molecule has 1 amide bonds. The van der Waals surface area contributed by atoms with Gasteiger partial charge in [0.1, 0.15) is 11.8 Å². The van der Waals surface area contributed by atoms with Crippen LogP contribution in [0.4, 0.5) is 0 Å². The first-order valence-corrected chi connectivity index (χ1v) is 7.81. The van der Waals surface area contributed by atoms with Crippen LogP contribution >= 0.6 is 0 Å². The van der Waals surface area contributed by atoms with E-state index >= 15 is 0 Å². The number of ether oxygens (including phenoxy) is 3. The van der Waals surface area contributed by atoms with E-state index in [9.17, 15) is 4.79 Å². The number of benzene rings is 2. The van der Waals surface area contributed by atoms with E-state index in [0.717, 1.165) is 5.56 Å². The van der Waals surface area contributed by atoms with E-state index in [-0.39, 0.29) is 19.1 Å². The van der Waals surface area contributed by atoms with Gasteiger partial charge in [-0.2, -0.15) is 10.4 Å². The molecule has 0 unspecified atom stereocenters. The van der Waals surface area contributed by atoms with E-state index < -0.39 is 0 Å². The molecule has 7 nitrogen and oxygen atoms in total. The molecule has 0 fully saturated rings. The maximum Gasteiger partial charge on any atom is 0.277 e. The highest BCUT2D eigenvalue weighted by Gasteiger charge is 2.05. The van der Waals surface area contributed by atoms with Crippen LogP contribution in [0, 0.1) is 18.3 Å². The first kappa shape index (κ1) is 18.8. The molecular weight excluding hydrogens is 334 g/mol. The molecule has 2 rings (SSSR count). The Morgan fingerprint density at radius 3 is 2.81 bits per heavy atom. The number of hydrazone groups is 1. The Balaban J connectivity index is 1.87. The summed E-state index contributed by atoms with van der Waals surface area (Å²) in [6.45, 7) is 1.74. The molecule has 2 aromatic rings. The van der Waals surface area contributed by atoms with Crippen molar-refractivity contribution in [1.29, 1.82) is 5.26 Å². The molecule has 0 spiro atoms. The van der Waals surface area contributed by atoms with Crippen LogP contribution in [-0.2, 0) is 4.79 Å².